The molecule has 3 atom stereocenters. The summed E-state index contributed by atoms with van der Waals surface area (Å²) in [5.41, 5.74) is 5.46. The lowest BCUT2D eigenvalue weighted by molar-refractivity contribution is -0.105. The van der Waals surface area contributed by atoms with Crippen molar-refractivity contribution in [3.05, 3.63) is 82.2 Å². The number of fused-ring (bicyclic) bond motifs is 1. The van der Waals surface area contributed by atoms with Gasteiger partial charge in [0.25, 0.3) is 0 Å². The monoisotopic (exact) mass is 545 g/mol. The third kappa shape index (κ3) is 5.34. The summed E-state index contributed by atoms with van der Waals surface area (Å²) < 4.78 is 13.9. The number of aryl methyl sites for hydroxylation is 2. The Morgan fingerprint density at radius 3 is 2.55 bits per heavy atom. The Bertz CT molecular complexity index is 1300. The van der Waals surface area contributed by atoms with Crippen LogP contribution < -0.4 is 4.74 Å². The molecule has 1 heterocycles. The molecule has 6 nitrogen and oxygen atoms in total. The first kappa shape index (κ1) is 28.8. The van der Waals surface area contributed by atoms with Crippen LogP contribution in [-0.2, 0) is 36.1 Å². The molecule has 0 aliphatic heterocycles. The summed E-state index contributed by atoms with van der Waals surface area (Å²) >= 11 is 0. The summed E-state index contributed by atoms with van der Waals surface area (Å²) in [5.74, 6) is 1.59. The quantitative estimate of drug-likeness (QED) is 0.320. The smallest absolute Gasteiger partial charge is 0.120 e. The number of rotatable bonds is 12. The van der Waals surface area contributed by atoms with Crippen molar-refractivity contribution in [2.45, 2.75) is 90.0 Å². The molecule has 216 valence electrons. The van der Waals surface area contributed by atoms with Crippen LogP contribution in [0.1, 0.15) is 66.8 Å². The highest BCUT2D eigenvalue weighted by molar-refractivity contribution is 5.48. The van der Waals surface area contributed by atoms with Gasteiger partial charge in [0, 0.05) is 43.6 Å². The largest absolute Gasteiger partial charge is 0.489 e. The molecular weight excluding hydrogens is 498 g/mol. The number of aromatic nitrogens is 2. The summed E-state index contributed by atoms with van der Waals surface area (Å²) in [5, 5.41) is 18.1. The molecule has 6 heteroatoms. The van der Waals surface area contributed by atoms with E-state index in [2.05, 4.69) is 74.7 Å². The normalized spacial score (nSPS) is 23.3. The molecule has 2 aliphatic carbocycles. The van der Waals surface area contributed by atoms with Crippen molar-refractivity contribution >= 4 is 0 Å². The Morgan fingerprint density at radius 2 is 1.88 bits per heavy atom. The van der Waals surface area contributed by atoms with Crippen molar-refractivity contribution < 1.29 is 14.6 Å². The molecule has 5 rings (SSSR count). The summed E-state index contributed by atoms with van der Waals surface area (Å²) in [6.07, 6.45) is 4.71. The van der Waals surface area contributed by atoms with Crippen LogP contribution in [0.2, 0.25) is 0 Å². The molecule has 1 saturated carbocycles. The Labute approximate surface area is 240 Å². The average Bonchev–Trinajstić information content (AvgIpc) is 3.73. The second-order valence-corrected chi connectivity index (χ2v) is 12.2. The predicted octanol–water partition coefficient (Wildman–Crippen LogP) is 5.63. The summed E-state index contributed by atoms with van der Waals surface area (Å²) in [6, 6.07) is 16.7. The van der Waals surface area contributed by atoms with Crippen LogP contribution in [0.5, 0.6) is 5.75 Å². The van der Waals surface area contributed by atoms with Gasteiger partial charge in [-0.25, -0.2) is 0 Å². The standard InChI is InChI=1S/C34H47N3O3/c1-7-33(31-19-29(16-13-24(31)2)40-23-28-11-9-8-10-12-28)21-32-30(25(3)35-37(32)17-18-39-6)20-34(33,38)26(4)36(5)22-27-14-15-27/h8-13,16,19,26-27,38H,7,14-15,17-18,20-23H2,1-6H3/t26-,33-,34-/m1/s1. The number of hydrogen-bond acceptors (Lipinski definition) is 5. The Balaban J connectivity index is 1.60. The molecule has 2 aromatic carbocycles. The summed E-state index contributed by atoms with van der Waals surface area (Å²) in [6.45, 7) is 11.6. The fraction of sp³-hybridized carbons (Fsp3) is 0.559. The van der Waals surface area contributed by atoms with E-state index in [0.29, 0.717) is 26.2 Å². The van der Waals surface area contributed by atoms with Crippen molar-refractivity contribution in [1.29, 1.82) is 0 Å². The minimum Gasteiger partial charge on any atom is -0.489 e. The fourth-order valence-electron chi connectivity index (χ4n) is 7.01. The zero-order valence-electron chi connectivity index (χ0n) is 25.2. The molecule has 0 unspecified atom stereocenters. The first-order chi connectivity index (χ1) is 19.2. The van der Waals surface area contributed by atoms with Gasteiger partial charge < -0.3 is 19.5 Å². The zero-order chi connectivity index (χ0) is 28.5. The third-order valence-electron chi connectivity index (χ3n) is 9.79. The van der Waals surface area contributed by atoms with Gasteiger partial charge in [-0.05, 0) is 87.4 Å². The van der Waals surface area contributed by atoms with Crippen molar-refractivity contribution in [3.63, 3.8) is 0 Å². The average molecular weight is 546 g/mol. The van der Waals surface area contributed by atoms with Crippen LogP contribution in [0, 0.1) is 19.8 Å². The molecule has 0 amide bonds. The van der Waals surface area contributed by atoms with Crippen LogP contribution >= 0.6 is 0 Å². The molecule has 2 aliphatic rings. The van der Waals surface area contributed by atoms with Gasteiger partial charge in [0.2, 0.25) is 0 Å². The number of methoxy groups -OCH3 is 1. The fourth-order valence-corrected chi connectivity index (χ4v) is 7.01. The number of aliphatic hydroxyl groups is 1. The van der Waals surface area contributed by atoms with Crippen molar-refractivity contribution in [2.75, 3.05) is 27.3 Å². The minimum absolute atomic E-state index is 0.0313. The predicted molar refractivity (Wildman–Crippen MR) is 160 cm³/mol. The molecular formula is C34H47N3O3. The third-order valence-corrected chi connectivity index (χ3v) is 9.79. The number of ether oxygens (including phenoxy) is 2. The molecule has 0 saturated heterocycles. The second kappa shape index (κ2) is 11.7. The van der Waals surface area contributed by atoms with Crippen LogP contribution in [0.3, 0.4) is 0 Å². The van der Waals surface area contributed by atoms with E-state index in [1.807, 2.05) is 18.2 Å². The minimum atomic E-state index is -0.985. The first-order valence-corrected chi connectivity index (χ1v) is 15.0. The van der Waals surface area contributed by atoms with E-state index in [0.717, 1.165) is 42.3 Å². The Hall–Kier alpha value is -2.67. The van der Waals surface area contributed by atoms with Crippen molar-refractivity contribution in [3.8, 4) is 5.75 Å². The van der Waals surface area contributed by atoms with E-state index in [4.69, 9.17) is 14.6 Å². The summed E-state index contributed by atoms with van der Waals surface area (Å²) in [4.78, 5) is 2.41. The Morgan fingerprint density at radius 1 is 1.12 bits per heavy atom. The highest BCUT2D eigenvalue weighted by Gasteiger charge is 2.58. The summed E-state index contributed by atoms with van der Waals surface area (Å²) in [7, 11) is 3.93. The van der Waals surface area contributed by atoms with E-state index >= 15 is 0 Å². The molecule has 1 N–H and O–H groups in total. The lowest BCUT2D eigenvalue weighted by Gasteiger charge is -2.55. The highest BCUT2D eigenvalue weighted by atomic mass is 16.5. The first-order valence-electron chi connectivity index (χ1n) is 15.0. The van der Waals surface area contributed by atoms with Gasteiger partial charge in [-0.3, -0.25) is 4.68 Å². The number of nitrogens with zero attached hydrogens (tertiary/aromatic N) is 3. The maximum absolute atomic E-state index is 13.1. The van der Waals surface area contributed by atoms with Crippen LogP contribution in [0.25, 0.3) is 0 Å². The molecule has 1 fully saturated rings. The lowest BCUT2D eigenvalue weighted by atomic mass is 9.54. The van der Waals surface area contributed by atoms with E-state index in [-0.39, 0.29) is 6.04 Å². The zero-order valence-corrected chi connectivity index (χ0v) is 25.2. The number of hydrogen-bond donors (Lipinski definition) is 1. The van der Waals surface area contributed by atoms with E-state index < -0.39 is 11.0 Å². The van der Waals surface area contributed by atoms with Crippen LogP contribution in [-0.4, -0.2) is 58.7 Å². The van der Waals surface area contributed by atoms with E-state index in [1.165, 1.54) is 35.2 Å². The SMILES string of the molecule is CC[C@]1(c2cc(OCc3ccccc3)ccc2C)Cc2c(c(C)nn2CCOC)C[C@@]1(O)[C@@H](C)N(C)CC1CC1. The van der Waals surface area contributed by atoms with E-state index in [1.54, 1.807) is 7.11 Å². The molecule has 3 aromatic rings. The maximum Gasteiger partial charge on any atom is 0.120 e. The Kier molecular flexibility index (Phi) is 8.42. The van der Waals surface area contributed by atoms with Gasteiger partial charge in [-0.1, -0.05) is 43.3 Å². The van der Waals surface area contributed by atoms with Gasteiger partial charge in [-0.2, -0.15) is 5.10 Å². The molecule has 0 radical (unpaired) electrons. The number of benzene rings is 2. The topological polar surface area (TPSA) is 59.8 Å². The lowest BCUT2D eigenvalue weighted by Crippen LogP contribution is -2.66. The maximum atomic E-state index is 13.1. The second-order valence-electron chi connectivity index (χ2n) is 12.2. The molecule has 1 aromatic heterocycles. The van der Waals surface area contributed by atoms with Gasteiger partial charge in [0.05, 0.1) is 24.4 Å². The van der Waals surface area contributed by atoms with Crippen molar-refractivity contribution in [2.24, 2.45) is 5.92 Å². The van der Waals surface area contributed by atoms with Gasteiger partial charge in [0.15, 0.2) is 0 Å². The van der Waals surface area contributed by atoms with Gasteiger partial charge in [-0.15, -0.1) is 0 Å². The van der Waals surface area contributed by atoms with Crippen LogP contribution in [0.4, 0.5) is 0 Å². The van der Waals surface area contributed by atoms with E-state index in [9.17, 15) is 5.11 Å². The van der Waals surface area contributed by atoms with Gasteiger partial charge in [0.1, 0.15) is 12.4 Å². The molecule has 0 bridgehead atoms. The highest BCUT2D eigenvalue weighted by Crippen LogP contribution is 2.52. The molecule has 40 heavy (non-hydrogen) atoms. The van der Waals surface area contributed by atoms with Crippen LogP contribution in [0.15, 0.2) is 48.5 Å². The molecule has 0 spiro atoms. The van der Waals surface area contributed by atoms with Gasteiger partial charge >= 0.3 is 0 Å². The van der Waals surface area contributed by atoms with Crippen molar-refractivity contribution in [1.82, 2.24) is 14.7 Å². The number of likely N-dealkylation sites (N-methyl/N-ethyl adjacent to an activating group) is 1.